The fraction of sp³-hybridized carbons (Fsp3) is 0.353. The smallest absolute Gasteiger partial charge is 0.414 e. The Morgan fingerprint density at radius 3 is 1.10 bits per heavy atom. The quantitative estimate of drug-likeness (QED) is 0.0113. The Morgan fingerprint density at radius 2 is 0.809 bits per heavy atom. The van der Waals surface area contributed by atoms with Crippen LogP contribution in [0.2, 0.25) is 17.3 Å². The number of carboxylic acids is 1. The summed E-state index contributed by atoms with van der Waals surface area (Å²) in [7, 11) is 10.1. The number of halogens is 4. The van der Waals surface area contributed by atoms with E-state index in [0.717, 1.165) is 5.69 Å². The molecule has 0 saturated carbocycles. The molecule has 0 unspecified atom stereocenters. The lowest BCUT2D eigenvalue weighted by molar-refractivity contribution is -0.139. The van der Waals surface area contributed by atoms with E-state index in [1.807, 2.05) is 12.5 Å². The molecule has 0 bridgehead atoms. The minimum Gasteiger partial charge on any atom is -0.480 e. The molecule has 6 aliphatic rings. The van der Waals surface area contributed by atoms with Crippen LogP contribution in [0, 0.1) is 0 Å². The number of carboxylic acid groups (broad SMARTS) is 1. The van der Waals surface area contributed by atoms with E-state index in [1.54, 1.807) is 188 Å². The molecule has 0 aliphatic carbocycles. The zero-order chi connectivity index (χ0) is 99.9. The molecule has 8 aromatic rings. The number of thiophene rings is 4. The highest BCUT2D eigenvalue weighted by molar-refractivity contribution is 7.98. The zero-order valence-corrected chi connectivity index (χ0v) is 81.3. The van der Waals surface area contributed by atoms with Crippen molar-refractivity contribution in [1.29, 1.82) is 1.34 Å². The number of aliphatic carboxylic acids is 1. The average Bonchev–Trinajstić information content (AvgIpc) is 1.67. The average molecular weight is 2060 g/mol. The van der Waals surface area contributed by atoms with E-state index in [2.05, 4.69) is 42.5 Å². The molecular formula is C85H94B3Cl4N16O22S6. The Kier molecular flexibility index (Phi) is 40.9. The fourth-order valence-corrected chi connectivity index (χ4v) is 18.1. The number of cyclic esters (lactones) is 4. The summed E-state index contributed by atoms with van der Waals surface area (Å²) in [4.78, 5) is 190. The molecule has 38 nitrogen and oxygen atoms in total. The van der Waals surface area contributed by atoms with E-state index in [1.165, 1.54) is 76.7 Å². The van der Waals surface area contributed by atoms with Crippen molar-refractivity contribution in [3.63, 3.8) is 0 Å². The second-order valence-electron chi connectivity index (χ2n) is 30.8. The van der Waals surface area contributed by atoms with E-state index in [-0.39, 0.29) is 88.6 Å². The number of amides is 14. The summed E-state index contributed by atoms with van der Waals surface area (Å²) < 4.78 is 34.4. The predicted octanol–water partition coefficient (Wildman–Crippen LogP) is 10.7. The molecule has 10 heterocycles. The number of nitrogens with zero attached hydrogens (tertiary/aromatic N) is 6. The van der Waals surface area contributed by atoms with Crippen LogP contribution in [-0.2, 0) is 42.9 Å². The first kappa shape index (κ1) is 107. The minimum absolute atomic E-state index is 0.0961. The van der Waals surface area contributed by atoms with Gasteiger partial charge in [-0.3, -0.25) is 62.8 Å². The number of nitrogens with two attached hydrogens (primary N) is 2. The van der Waals surface area contributed by atoms with Gasteiger partial charge in [0, 0.05) is 59.9 Å². The number of hydrogen-bond acceptors (Lipinski definition) is 29. The zero-order valence-electron chi connectivity index (χ0n) is 74.4. The van der Waals surface area contributed by atoms with Crippen molar-refractivity contribution in [2.24, 2.45) is 5.73 Å². The van der Waals surface area contributed by atoms with E-state index in [4.69, 9.17) is 109 Å². The van der Waals surface area contributed by atoms with Gasteiger partial charge in [0.25, 0.3) is 31.6 Å². The van der Waals surface area contributed by atoms with Crippen LogP contribution in [0.15, 0.2) is 146 Å². The van der Waals surface area contributed by atoms with Crippen molar-refractivity contribution in [2.75, 3.05) is 130 Å². The molecule has 6 aliphatic heterocycles. The topological polar surface area (TPSA) is 510 Å². The van der Waals surface area contributed by atoms with Crippen LogP contribution in [0.3, 0.4) is 0 Å². The van der Waals surface area contributed by atoms with E-state index < -0.39 is 102 Å². The number of alkyl carbamates (subject to hydrolysis) is 1. The number of carbonyl (C=O) groups is 15. The molecule has 51 heteroatoms. The number of thioether (sulfide) groups is 2. The first-order chi connectivity index (χ1) is 65.2. The molecule has 136 heavy (non-hydrogen) atoms. The van der Waals surface area contributed by atoms with Gasteiger partial charge in [-0.15, -0.1) is 45.3 Å². The Labute approximate surface area is 830 Å². The molecule has 4 aromatic carbocycles. The number of ether oxygens (including phenoxy) is 5. The number of carbonyl (C=O) groups excluding carboxylic acids is 14. The fourth-order valence-electron chi connectivity index (χ4n) is 13.3. The second kappa shape index (κ2) is 52.2. The molecule has 0 spiro atoms. The van der Waals surface area contributed by atoms with Crippen molar-refractivity contribution < 1.29 is 106 Å². The second-order valence-corrected chi connectivity index (χ2v) is 39.6. The van der Waals surface area contributed by atoms with Crippen LogP contribution in [0.1, 0.15) is 85.1 Å². The molecule has 719 valence electrons. The van der Waals surface area contributed by atoms with E-state index >= 15 is 0 Å². The van der Waals surface area contributed by atoms with Crippen LogP contribution in [0.25, 0.3) is 0 Å². The summed E-state index contributed by atoms with van der Waals surface area (Å²) in [5.41, 5.74) is 15.8. The van der Waals surface area contributed by atoms with Crippen molar-refractivity contribution in [1.82, 2.24) is 37.2 Å². The third kappa shape index (κ3) is 32.6. The number of benzene rings is 4. The summed E-state index contributed by atoms with van der Waals surface area (Å²) in [6.45, 7) is 8.28. The van der Waals surface area contributed by atoms with Gasteiger partial charge < -0.3 is 97.6 Å². The molecule has 14 rings (SSSR count). The number of anilines is 8. The van der Waals surface area contributed by atoms with Crippen LogP contribution in [-0.4, -0.2) is 268 Å². The van der Waals surface area contributed by atoms with Gasteiger partial charge in [-0.25, -0.2) is 28.8 Å². The lowest BCUT2D eigenvalue weighted by Gasteiger charge is -2.23. The lowest BCUT2D eigenvalue weighted by atomic mass is 10.1. The van der Waals surface area contributed by atoms with Gasteiger partial charge in [0.1, 0.15) is 48.1 Å². The maximum absolute atomic E-state index is 12.9. The Morgan fingerprint density at radius 1 is 0.493 bits per heavy atom. The number of nitrogen functional groups attached to an aromatic ring is 1. The molecule has 6 fully saturated rings. The normalized spacial score (nSPS) is 17.9. The van der Waals surface area contributed by atoms with Crippen molar-refractivity contribution in [3.8, 4) is 0 Å². The summed E-state index contributed by atoms with van der Waals surface area (Å²) in [5, 5.41) is 36.7. The van der Waals surface area contributed by atoms with Gasteiger partial charge >= 0.3 is 36.4 Å². The monoisotopic (exact) mass is 2060 g/mol. The Balaban J connectivity index is 0.000000197. The van der Waals surface area contributed by atoms with Crippen molar-refractivity contribution in [2.45, 2.75) is 101 Å². The molecule has 14 N–H and O–H groups in total. The summed E-state index contributed by atoms with van der Waals surface area (Å²) in [5.74, 6) is -3.00. The Bertz CT molecular complexity index is 5570. The molecule has 6 saturated heterocycles. The third-order valence-corrected chi connectivity index (χ3v) is 26.1. The number of nitrogens with one attached hydrogen (secondary N) is 8. The summed E-state index contributed by atoms with van der Waals surface area (Å²) >= 11 is 31.2. The third-order valence-electron chi connectivity index (χ3n) is 19.9. The van der Waals surface area contributed by atoms with E-state index in [9.17, 15) is 71.9 Å². The Hall–Kier alpha value is -11.5. The molecule has 8 atom stereocenters. The van der Waals surface area contributed by atoms with Gasteiger partial charge in [0.2, 0.25) is 33.4 Å². The first-order valence-corrected chi connectivity index (χ1v) is 48.9. The number of rotatable bonds is 30. The standard InChI is InChI=1S/C25H31ClN4O6S2.C20H18BClN4O5S.C19H19ClN4O4S.C15H14ClN3O3S.C6H10BNO3S.BH2O/c1-25(2,3)36-23(33)29-18(11-12-37-4)21(31)28-15-5-7-16(8-6-15)30-14-17(35-24(30)34)13-27-22(32)19-9-10-20(26)38-19;21-19(29)24-14-7-8-25(18(14)28)11-1-3-12(4-2-11)26-10-13(31-20(26)30)9-23-17(27)15-5-6-16(22)32-15;20-16-6-5-15(29-16)17(25)22-9-13-10-24(19(27)28-13)12-3-1-11(2-4-12)23-8-7-14(21)18(23)26;16-13-6-5-12(23-13)14(20)18-7-11-8-19(15(21)22-11)10-3-1-9(17)2-4-10;1-12-3-2-4(5(9)10)8-6(7)11;1-2/h5-10,17-18H,11-14H2,1-4H3,(H,27,32)(H,28,31)(H,29,33);1-6,13-14H,7-10H2,(H,23,27)(H,24,29);1-6,13-14H,7-10,21H2,(H,22,25);1-6,11H,7-8,17H2,(H,18,20);4H,2-3H2,1H3,(H,8,11)(H,9,10);1-2H/t17-,18+;2*13-,14+;11-;4-;/m00001./s1/i;;;;;1T. The molecule has 5 radical (unpaired) electrons. The highest BCUT2D eigenvalue weighted by Crippen LogP contribution is 2.33. The van der Waals surface area contributed by atoms with Crippen LogP contribution >= 0.6 is 115 Å². The molecular weight excluding hydrogens is 1960 g/mol. The lowest BCUT2D eigenvalue weighted by Crippen LogP contribution is -2.46. The van der Waals surface area contributed by atoms with Gasteiger partial charge in [0.05, 0.1) is 95.3 Å². The summed E-state index contributed by atoms with van der Waals surface area (Å²) in [6.07, 6.45) is 1.20. The maximum atomic E-state index is 12.9. The summed E-state index contributed by atoms with van der Waals surface area (Å²) in [6, 6.07) is 38.1. The maximum Gasteiger partial charge on any atom is 0.414 e. The number of hydrogen-bond donors (Lipinski definition) is 12. The van der Waals surface area contributed by atoms with Crippen LogP contribution in [0.5, 0.6) is 0 Å². The van der Waals surface area contributed by atoms with Crippen molar-refractivity contribution in [3.05, 3.63) is 182 Å². The van der Waals surface area contributed by atoms with Gasteiger partial charge in [-0.05, 0) is 216 Å². The van der Waals surface area contributed by atoms with Crippen LogP contribution < -0.4 is 83.4 Å². The van der Waals surface area contributed by atoms with Crippen molar-refractivity contribution >= 4 is 274 Å². The van der Waals surface area contributed by atoms with Gasteiger partial charge in [0.15, 0.2) is 11.6 Å². The minimum atomic E-state index is -1.05. The first-order valence-electron chi connectivity index (χ1n) is 41.9. The SMILES string of the molecule is CSCC[C@@H](NC(=O)OC(C)(C)C)C(=O)Nc1ccc(N2C[C@H](CNC(=O)c3ccc(Cl)s3)OC2=O)cc1.N[C@@H]1CCN(c2ccc(N3C[C@H](CNC(=O)c4ccc(Cl)s4)OC3=O)cc2)C1=O.Nc1ccc(N2C[C@H](CNC(=O)c3ccc(Cl)s3)OC2=O)cc1.[3H][B]O.[B]C(=O)N[C@@H]1CCN(c2ccc(N3C[C@H](CNC(=O)c4ccc(Cl)s4)OC3=O)cc2)C1=O.[B]C(=O)N[C@H](CCSC)C(=O)O. The molecule has 4 aromatic heterocycles. The highest BCUT2D eigenvalue weighted by atomic mass is 35.5. The van der Waals surface area contributed by atoms with E-state index in [0.29, 0.717) is 140 Å². The van der Waals surface area contributed by atoms with Gasteiger partial charge in [-0.2, -0.15) is 23.5 Å². The molecule has 14 amide bonds. The van der Waals surface area contributed by atoms with Crippen LogP contribution in [0.4, 0.5) is 79.1 Å². The predicted molar refractivity (Wildman–Crippen MR) is 530 cm³/mol. The van der Waals surface area contributed by atoms with Gasteiger partial charge in [-0.1, -0.05) is 46.4 Å². The highest BCUT2D eigenvalue weighted by Gasteiger charge is 2.40. The largest absolute Gasteiger partial charge is 0.480 e.